The summed E-state index contributed by atoms with van der Waals surface area (Å²) in [7, 11) is 0. The Morgan fingerprint density at radius 3 is 2.57 bits per heavy atom. The molecule has 8 heteroatoms. The normalized spacial score (nSPS) is 15.8. The van der Waals surface area contributed by atoms with Gasteiger partial charge in [0.25, 0.3) is 5.91 Å². The fourth-order valence-corrected chi connectivity index (χ4v) is 4.76. The van der Waals surface area contributed by atoms with E-state index in [1.54, 1.807) is 23.4 Å². The van der Waals surface area contributed by atoms with Crippen molar-refractivity contribution in [3.8, 4) is 5.75 Å². The summed E-state index contributed by atoms with van der Waals surface area (Å²) in [4.78, 5) is 15.4. The SMILES string of the molecule is O=C1/C(=C/c2ccc(Br)cc2)S/C(=N/N=C\c2cccc(OCc3ccccc3)c2)N1Cc1ccco1. The molecular formula is C29H22BrN3O3S. The van der Waals surface area contributed by atoms with Crippen molar-refractivity contribution >= 4 is 51.1 Å². The van der Waals surface area contributed by atoms with Crippen molar-refractivity contribution < 1.29 is 13.9 Å². The van der Waals surface area contributed by atoms with E-state index >= 15 is 0 Å². The van der Waals surface area contributed by atoms with E-state index in [2.05, 4.69) is 26.1 Å². The van der Waals surface area contributed by atoms with Gasteiger partial charge < -0.3 is 9.15 Å². The lowest BCUT2D eigenvalue weighted by molar-refractivity contribution is -0.122. The minimum atomic E-state index is -0.144. The molecule has 0 atom stereocenters. The predicted molar refractivity (Wildman–Crippen MR) is 151 cm³/mol. The molecule has 184 valence electrons. The second-order valence-corrected chi connectivity index (χ2v) is 10.0. The molecule has 0 unspecified atom stereocenters. The number of rotatable bonds is 8. The molecule has 6 nitrogen and oxygen atoms in total. The third-order valence-corrected chi connectivity index (χ3v) is 6.93. The van der Waals surface area contributed by atoms with E-state index in [0.29, 0.717) is 22.4 Å². The van der Waals surface area contributed by atoms with Crippen molar-refractivity contribution in [3.05, 3.63) is 129 Å². The molecule has 1 saturated heterocycles. The molecule has 3 aromatic carbocycles. The highest BCUT2D eigenvalue weighted by molar-refractivity contribution is 9.10. The molecule has 1 fully saturated rings. The highest BCUT2D eigenvalue weighted by Gasteiger charge is 2.34. The number of halogens is 1. The second-order valence-electron chi connectivity index (χ2n) is 8.11. The first kappa shape index (κ1) is 24.8. The summed E-state index contributed by atoms with van der Waals surface area (Å²) < 4.78 is 12.3. The van der Waals surface area contributed by atoms with Gasteiger partial charge in [-0.3, -0.25) is 9.69 Å². The molecule has 1 amide bonds. The predicted octanol–water partition coefficient (Wildman–Crippen LogP) is 7.13. The van der Waals surface area contributed by atoms with Crippen LogP contribution in [0.1, 0.15) is 22.5 Å². The Balaban J connectivity index is 1.33. The smallest absolute Gasteiger partial charge is 0.267 e. The van der Waals surface area contributed by atoms with Crippen LogP contribution in [0, 0.1) is 0 Å². The van der Waals surface area contributed by atoms with E-state index in [1.807, 2.05) is 91.0 Å². The first-order valence-electron chi connectivity index (χ1n) is 11.5. The summed E-state index contributed by atoms with van der Waals surface area (Å²) in [5, 5.41) is 9.15. The van der Waals surface area contributed by atoms with Crippen molar-refractivity contribution in [2.75, 3.05) is 0 Å². The Morgan fingerprint density at radius 2 is 1.78 bits per heavy atom. The molecule has 0 radical (unpaired) electrons. The molecule has 0 saturated carbocycles. The summed E-state index contributed by atoms with van der Waals surface area (Å²) in [6.07, 6.45) is 5.09. The first-order valence-corrected chi connectivity index (χ1v) is 13.1. The Morgan fingerprint density at radius 1 is 0.946 bits per heavy atom. The average Bonchev–Trinajstić information content (AvgIpc) is 3.54. The van der Waals surface area contributed by atoms with Crippen LogP contribution in [-0.4, -0.2) is 22.2 Å². The van der Waals surface area contributed by atoms with Crippen LogP contribution >= 0.6 is 27.7 Å². The van der Waals surface area contributed by atoms with E-state index in [0.717, 1.165) is 26.9 Å². The van der Waals surface area contributed by atoms with Gasteiger partial charge in [0.1, 0.15) is 18.1 Å². The largest absolute Gasteiger partial charge is 0.489 e. The molecule has 4 aromatic rings. The molecule has 5 rings (SSSR count). The van der Waals surface area contributed by atoms with Gasteiger partial charge in [0.15, 0.2) is 5.17 Å². The highest BCUT2D eigenvalue weighted by atomic mass is 79.9. The van der Waals surface area contributed by atoms with Crippen LogP contribution in [-0.2, 0) is 17.9 Å². The molecule has 1 aliphatic rings. The lowest BCUT2D eigenvalue weighted by atomic mass is 10.2. The number of hydrogen-bond donors (Lipinski definition) is 0. The summed E-state index contributed by atoms with van der Waals surface area (Å²) in [6.45, 7) is 0.755. The third-order valence-electron chi connectivity index (χ3n) is 5.41. The van der Waals surface area contributed by atoms with Crippen LogP contribution in [0.25, 0.3) is 6.08 Å². The van der Waals surface area contributed by atoms with Gasteiger partial charge in [-0.05, 0) is 70.9 Å². The number of nitrogens with zero attached hydrogens (tertiary/aromatic N) is 3. The number of furan rings is 1. The van der Waals surface area contributed by atoms with E-state index in [4.69, 9.17) is 9.15 Å². The zero-order valence-corrected chi connectivity index (χ0v) is 22.1. The monoisotopic (exact) mass is 571 g/mol. The van der Waals surface area contributed by atoms with E-state index < -0.39 is 0 Å². The Kier molecular flexibility index (Phi) is 7.98. The lowest BCUT2D eigenvalue weighted by Crippen LogP contribution is -2.28. The summed E-state index contributed by atoms with van der Waals surface area (Å²) in [5.41, 5.74) is 2.86. The molecule has 0 spiro atoms. The van der Waals surface area contributed by atoms with Gasteiger partial charge in [-0.2, -0.15) is 5.10 Å². The lowest BCUT2D eigenvalue weighted by Gasteiger charge is -2.12. The Hall–Kier alpha value is -3.88. The molecular weight excluding hydrogens is 550 g/mol. The molecule has 1 aromatic heterocycles. The number of amides is 1. The topological polar surface area (TPSA) is 67.4 Å². The molecule has 2 heterocycles. The van der Waals surface area contributed by atoms with Gasteiger partial charge in [-0.1, -0.05) is 70.5 Å². The summed E-state index contributed by atoms with van der Waals surface area (Å²) >= 11 is 4.73. The van der Waals surface area contributed by atoms with Crippen LogP contribution in [0.15, 0.2) is 121 Å². The van der Waals surface area contributed by atoms with E-state index in [-0.39, 0.29) is 12.5 Å². The molecule has 0 bridgehead atoms. The highest BCUT2D eigenvalue weighted by Crippen LogP contribution is 2.34. The fourth-order valence-electron chi connectivity index (χ4n) is 3.56. The summed E-state index contributed by atoms with van der Waals surface area (Å²) in [6, 6.07) is 29.0. The van der Waals surface area contributed by atoms with Crippen LogP contribution in [0.5, 0.6) is 5.75 Å². The molecule has 0 aliphatic carbocycles. The van der Waals surface area contributed by atoms with Crippen molar-refractivity contribution in [3.63, 3.8) is 0 Å². The zero-order chi connectivity index (χ0) is 25.5. The number of thioether (sulfide) groups is 1. The first-order chi connectivity index (χ1) is 18.1. The van der Waals surface area contributed by atoms with Crippen LogP contribution in [0.3, 0.4) is 0 Å². The van der Waals surface area contributed by atoms with Crippen molar-refractivity contribution in [2.24, 2.45) is 10.2 Å². The van der Waals surface area contributed by atoms with Crippen molar-refractivity contribution in [1.82, 2.24) is 4.90 Å². The Bertz CT molecular complexity index is 1450. The van der Waals surface area contributed by atoms with Gasteiger partial charge in [0.2, 0.25) is 0 Å². The van der Waals surface area contributed by atoms with Crippen LogP contribution in [0.4, 0.5) is 0 Å². The fraction of sp³-hybridized carbons (Fsp3) is 0.0690. The maximum atomic E-state index is 13.2. The minimum absolute atomic E-state index is 0.144. The average molecular weight is 572 g/mol. The number of amidine groups is 1. The zero-order valence-electron chi connectivity index (χ0n) is 19.7. The maximum absolute atomic E-state index is 13.2. The minimum Gasteiger partial charge on any atom is -0.489 e. The second kappa shape index (κ2) is 11.9. The Labute approximate surface area is 227 Å². The number of hydrogen-bond acceptors (Lipinski definition) is 6. The molecule has 1 aliphatic heterocycles. The standard InChI is InChI=1S/C29H22BrN3O3S/c30-24-13-11-21(12-14-24)17-27-28(34)33(19-26-10-5-15-35-26)29(37-27)32-31-18-23-8-4-9-25(16-23)36-20-22-6-2-1-3-7-22/h1-18H,19-20H2/b27-17-,31-18-,32-29+. The number of ether oxygens (including phenoxy) is 1. The summed E-state index contributed by atoms with van der Waals surface area (Å²) in [5.74, 6) is 1.26. The van der Waals surface area contributed by atoms with E-state index in [9.17, 15) is 4.79 Å². The van der Waals surface area contributed by atoms with Crippen LogP contribution in [0.2, 0.25) is 0 Å². The van der Waals surface area contributed by atoms with Crippen molar-refractivity contribution in [1.29, 1.82) is 0 Å². The van der Waals surface area contributed by atoms with Gasteiger partial charge in [-0.15, -0.1) is 5.10 Å². The number of carbonyl (C=O) groups excluding carboxylic acids is 1. The van der Waals surface area contributed by atoms with Crippen LogP contribution < -0.4 is 4.74 Å². The maximum Gasteiger partial charge on any atom is 0.267 e. The van der Waals surface area contributed by atoms with Gasteiger partial charge >= 0.3 is 0 Å². The number of benzene rings is 3. The van der Waals surface area contributed by atoms with Gasteiger partial charge in [0.05, 0.1) is 23.9 Å². The number of carbonyl (C=O) groups is 1. The third kappa shape index (κ3) is 6.67. The van der Waals surface area contributed by atoms with Crippen molar-refractivity contribution in [2.45, 2.75) is 13.2 Å². The van der Waals surface area contributed by atoms with Gasteiger partial charge in [-0.25, -0.2) is 0 Å². The quantitative estimate of drug-likeness (QED) is 0.128. The molecule has 0 N–H and O–H groups in total. The van der Waals surface area contributed by atoms with Gasteiger partial charge in [0, 0.05) is 4.47 Å². The molecule has 37 heavy (non-hydrogen) atoms. The van der Waals surface area contributed by atoms with E-state index in [1.165, 1.54) is 11.8 Å².